The van der Waals surface area contributed by atoms with Gasteiger partial charge in [0.15, 0.2) is 0 Å². The van der Waals surface area contributed by atoms with Crippen molar-refractivity contribution in [3.05, 3.63) is 34.9 Å². The molecule has 2 rings (SSSR count). The number of nitrogens with zero attached hydrogens (tertiary/aromatic N) is 2. The maximum absolute atomic E-state index is 6.14. The molecular formula is C16H26ClN3. The first-order valence-electron chi connectivity index (χ1n) is 7.47. The predicted molar refractivity (Wildman–Crippen MR) is 86.4 cm³/mol. The average molecular weight is 296 g/mol. The van der Waals surface area contributed by atoms with E-state index in [2.05, 4.69) is 48.3 Å². The van der Waals surface area contributed by atoms with Gasteiger partial charge in [-0.15, -0.1) is 0 Å². The third kappa shape index (κ3) is 4.19. The molecule has 0 saturated carbocycles. The Morgan fingerprint density at radius 2 is 2.15 bits per heavy atom. The lowest BCUT2D eigenvalue weighted by Gasteiger charge is -2.39. The van der Waals surface area contributed by atoms with E-state index in [4.69, 9.17) is 11.6 Å². The largest absolute Gasteiger partial charge is 0.310 e. The quantitative estimate of drug-likeness (QED) is 0.901. The van der Waals surface area contributed by atoms with Crippen molar-refractivity contribution in [2.24, 2.45) is 0 Å². The minimum Gasteiger partial charge on any atom is -0.310 e. The van der Waals surface area contributed by atoms with Crippen molar-refractivity contribution in [3.63, 3.8) is 0 Å². The topological polar surface area (TPSA) is 18.5 Å². The Hall–Kier alpha value is -0.610. The van der Waals surface area contributed by atoms with Crippen LogP contribution < -0.4 is 5.32 Å². The lowest BCUT2D eigenvalue weighted by Crippen LogP contribution is -2.51. The molecule has 0 aliphatic carbocycles. The van der Waals surface area contributed by atoms with Gasteiger partial charge in [0, 0.05) is 36.7 Å². The summed E-state index contributed by atoms with van der Waals surface area (Å²) in [5.74, 6) is 0. The summed E-state index contributed by atoms with van der Waals surface area (Å²) in [7, 11) is 4.44. The van der Waals surface area contributed by atoms with Crippen LogP contribution in [0, 0.1) is 0 Å². The summed E-state index contributed by atoms with van der Waals surface area (Å²) in [5.41, 5.74) is 1.29. The standard InChI is InChI=1S/C16H26ClN3/c1-4-18-16(13-6-5-7-14(17)10-13)11-15-12-19(2)8-9-20(15)3/h5-7,10,15-16,18H,4,8-9,11-12H2,1-3H3. The van der Waals surface area contributed by atoms with Crippen LogP contribution in [-0.2, 0) is 0 Å². The van der Waals surface area contributed by atoms with Crippen molar-refractivity contribution in [1.29, 1.82) is 0 Å². The molecule has 1 aliphatic heterocycles. The van der Waals surface area contributed by atoms with Gasteiger partial charge < -0.3 is 15.1 Å². The van der Waals surface area contributed by atoms with Crippen molar-refractivity contribution >= 4 is 11.6 Å². The highest BCUT2D eigenvalue weighted by Gasteiger charge is 2.25. The summed E-state index contributed by atoms with van der Waals surface area (Å²) in [6.07, 6.45) is 1.12. The van der Waals surface area contributed by atoms with Gasteiger partial charge in [-0.25, -0.2) is 0 Å². The van der Waals surface area contributed by atoms with E-state index in [1.807, 2.05) is 12.1 Å². The molecule has 1 aromatic rings. The van der Waals surface area contributed by atoms with Gasteiger partial charge in [0.1, 0.15) is 0 Å². The summed E-state index contributed by atoms with van der Waals surface area (Å²) >= 11 is 6.14. The molecule has 2 atom stereocenters. The summed E-state index contributed by atoms with van der Waals surface area (Å²) in [6, 6.07) is 9.20. The Labute approximate surface area is 127 Å². The Morgan fingerprint density at radius 1 is 1.35 bits per heavy atom. The van der Waals surface area contributed by atoms with Crippen molar-refractivity contribution in [1.82, 2.24) is 15.1 Å². The summed E-state index contributed by atoms with van der Waals surface area (Å²) in [5, 5.41) is 4.42. The Kier molecular flexibility index (Phi) is 5.85. The molecule has 3 nitrogen and oxygen atoms in total. The number of halogens is 1. The van der Waals surface area contributed by atoms with Gasteiger partial charge in [-0.05, 0) is 44.8 Å². The first-order valence-corrected chi connectivity index (χ1v) is 7.85. The monoisotopic (exact) mass is 295 g/mol. The molecule has 1 N–H and O–H groups in total. The van der Waals surface area contributed by atoms with Crippen molar-refractivity contribution in [2.45, 2.75) is 25.4 Å². The molecule has 0 spiro atoms. The van der Waals surface area contributed by atoms with E-state index < -0.39 is 0 Å². The minimum atomic E-state index is 0.373. The first kappa shape index (κ1) is 15.8. The number of benzene rings is 1. The minimum absolute atomic E-state index is 0.373. The highest BCUT2D eigenvalue weighted by molar-refractivity contribution is 6.30. The number of nitrogens with one attached hydrogen (secondary N) is 1. The fourth-order valence-electron chi connectivity index (χ4n) is 2.94. The van der Waals surface area contributed by atoms with Gasteiger partial charge in [0.25, 0.3) is 0 Å². The first-order chi connectivity index (χ1) is 9.60. The molecule has 1 aliphatic rings. The van der Waals surface area contributed by atoms with Crippen molar-refractivity contribution in [2.75, 3.05) is 40.3 Å². The molecule has 4 heteroatoms. The lowest BCUT2D eigenvalue weighted by atomic mass is 9.97. The van der Waals surface area contributed by atoms with Gasteiger partial charge >= 0.3 is 0 Å². The zero-order chi connectivity index (χ0) is 14.5. The third-order valence-corrected chi connectivity index (χ3v) is 4.42. The molecule has 1 fully saturated rings. The Bertz CT molecular complexity index is 424. The van der Waals surface area contributed by atoms with E-state index >= 15 is 0 Å². The van der Waals surface area contributed by atoms with Crippen LogP contribution >= 0.6 is 11.6 Å². The molecular weight excluding hydrogens is 270 g/mol. The molecule has 2 unspecified atom stereocenters. The van der Waals surface area contributed by atoms with E-state index in [1.165, 1.54) is 5.56 Å². The second-order valence-electron chi connectivity index (χ2n) is 5.80. The van der Waals surface area contributed by atoms with E-state index in [0.29, 0.717) is 12.1 Å². The van der Waals surface area contributed by atoms with Crippen molar-refractivity contribution < 1.29 is 0 Å². The third-order valence-electron chi connectivity index (χ3n) is 4.19. The van der Waals surface area contributed by atoms with Crippen LogP contribution in [0.1, 0.15) is 24.9 Å². The zero-order valence-electron chi connectivity index (χ0n) is 12.8. The second-order valence-corrected chi connectivity index (χ2v) is 6.23. The average Bonchev–Trinajstić information content (AvgIpc) is 2.42. The molecule has 0 aromatic heterocycles. The van der Waals surface area contributed by atoms with Crippen LogP contribution in [0.2, 0.25) is 5.02 Å². The molecule has 1 aromatic carbocycles. The van der Waals surface area contributed by atoms with Gasteiger partial charge in [0.2, 0.25) is 0 Å². The predicted octanol–water partition coefficient (Wildman–Crippen LogP) is 2.63. The number of hydrogen-bond donors (Lipinski definition) is 1. The maximum Gasteiger partial charge on any atom is 0.0409 e. The number of hydrogen-bond acceptors (Lipinski definition) is 3. The molecule has 20 heavy (non-hydrogen) atoms. The fourth-order valence-corrected chi connectivity index (χ4v) is 3.13. The van der Waals surface area contributed by atoms with Crippen LogP contribution in [0.5, 0.6) is 0 Å². The highest BCUT2D eigenvalue weighted by Crippen LogP contribution is 2.24. The number of piperazine rings is 1. The second kappa shape index (κ2) is 7.41. The number of rotatable bonds is 5. The molecule has 0 bridgehead atoms. The van der Waals surface area contributed by atoms with Crippen LogP contribution in [0.25, 0.3) is 0 Å². The highest BCUT2D eigenvalue weighted by atomic mass is 35.5. The summed E-state index contributed by atoms with van der Waals surface area (Å²) in [6.45, 7) is 6.59. The van der Waals surface area contributed by atoms with Crippen LogP contribution in [0.4, 0.5) is 0 Å². The van der Waals surface area contributed by atoms with Crippen LogP contribution in [0.15, 0.2) is 24.3 Å². The smallest absolute Gasteiger partial charge is 0.0409 e. The van der Waals surface area contributed by atoms with E-state index in [9.17, 15) is 0 Å². The van der Waals surface area contributed by atoms with E-state index in [0.717, 1.165) is 37.6 Å². The van der Waals surface area contributed by atoms with E-state index in [1.54, 1.807) is 0 Å². The Morgan fingerprint density at radius 3 is 2.85 bits per heavy atom. The fraction of sp³-hybridized carbons (Fsp3) is 0.625. The summed E-state index contributed by atoms with van der Waals surface area (Å²) in [4.78, 5) is 4.90. The van der Waals surface area contributed by atoms with Gasteiger partial charge in [0.05, 0.1) is 0 Å². The normalized spacial score (nSPS) is 22.9. The van der Waals surface area contributed by atoms with Gasteiger partial charge in [-0.3, -0.25) is 0 Å². The maximum atomic E-state index is 6.14. The van der Waals surface area contributed by atoms with Crippen LogP contribution in [0.3, 0.4) is 0 Å². The molecule has 0 amide bonds. The van der Waals surface area contributed by atoms with Gasteiger partial charge in [-0.1, -0.05) is 30.7 Å². The Balaban J connectivity index is 2.08. The molecule has 1 saturated heterocycles. The van der Waals surface area contributed by atoms with Crippen molar-refractivity contribution in [3.8, 4) is 0 Å². The van der Waals surface area contributed by atoms with Gasteiger partial charge in [-0.2, -0.15) is 0 Å². The molecule has 1 heterocycles. The summed E-state index contributed by atoms with van der Waals surface area (Å²) < 4.78 is 0. The molecule has 112 valence electrons. The van der Waals surface area contributed by atoms with Crippen LogP contribution in [-0.4, -0.2) is 56.1 Å². The zero-order valence-corrected chi connectivity index (χ0v) is 13.5. The lowest BCUT2D eigenvalue weighted by molar-refractivity contribution is 0.101. The van der Waals surface area contributed by atoms with E-state index in [-0.39, 0.29) is 0 Å². The SMILES string of the molecule is CCNC(CC1CN(C)CCN1C)c1cccc(Cl)c1. The number of likely N-dealkylation sites (N-methyl/N-ethyl adjacent to an activating group) is 2. The molecule has 0 radical (unpaired) electrons.